The van der Waals surface area contributed by atoms with Crippen molar-refractivity contribution < 1.29 is 9.21 Å². The summed E-state index contributed by atoms with van der Waals surface area (Å²) >= 11 is 6.11. The Labute approximate surface area is 123 Å². The normalized spacial score (nSPS) is 22.5. The van der Waals surface area contributed by atoms with Crippen LogP contribution in [0.25, 0.3) is 11.0 Å². The number of hydrogen-bond donors (Lipinski definition) is 1. The maximum Gasteiger partial charge on any atom is 0.217 e. The van der Waals surface area contributed by atoms with Gasteiger partial charge in [-0.1, -0.05) is 37.1 Å². The molecule has 20 heavy (non-hydrogen) atoms. The third-order valence-electron chi connectivity index (χ3n) is 4.07. The molecule has 1 atom stereocenters. The van der Waals surface area contributed by atoms with Gasteiger partial charge in [0.2, 0.25) is 5.78 Å². The van der Waals surface area contributed by atoms with Crippen LogP contribution >= 0.6 is 11.6 Å². The summed E-state index contributed by atoms with van der Waals surface area (Å²) in [5.74, 6) is 0.472. The van der Waals surface area contributed by atoms with E-state index < -0.39 is 5.54 Å². The van der Waals surface area contributed by atoms with E-state index >= 15 is 0 Å². The lowest BCUT2D eigenvalue weighted by molar-refractivity contribution is 0.0830. The van der Waals surface area contributed by atoms with Crippen molar-refractivity contribution >= 4 is 28.4 Å². The van der Waals surface area contributed by atoms with Crippen molar-refractivity contribution in [1.82, 2.24) is 5.32 Å². The smallest absolute Gasteiger partial charge is 0.217 e. The van der Waals surface area contributed by atoms with Gasteiger partial charge in [-0.25, -0.2) is 0 Å². The number of nitrogens with one attached hydrogen (secondary N) is 1. The van der Waals surface area contributed by atoms with E-state index in [2.05, 4.69) is 12.2 Å². The van der Waals surface area contributed by atoms with Crippen molar-refractivity contribution in [2.24, 2.45) is 0 Å². The lowest BCUT2D eigenvalue weighted by Gasteiger charge is -2.26. The summed E-state index contributed by atoms with van der Waals surface area (Å²) in [5.41, 5.74) is 0.150. The summed E-state index contributed by atoms with van der Waals surface area (Å²) in [7, 11) is 0. The average Bonchev–Trinajstić information content (AvgIpc) is 3.06. The highest BCUT2D eigenvalue weighted by Crippen LogP contribution is 2.32. The van der Waals surface area contributed by atoms with Crippen LogP contribution in [0.15, 0.2) is 28.7 Å². The Bertz CT molecular complexity index is 641. The Morgan fingerprint density at radius 1 is 1.50 bits per heavy atom. The molecule has 1 aliphatic heterocycles. The minimum atomic E-state index is -0.449. The first kappa shape index (κ1) is 13.7. The fourth-order valence-electron chi connectivity index (χ4n) is 3.13. The molecule has 1 aromatic carbocycles. The number of carbonyl (C=O) groups excluding carboxylic acids is 1. The summed E-state index contributed by atoms with van der Waals surface area (Å²) in [4.78, 5) is 12.8. The van der Waals surface area contributed by atoms with Crippen molar-refractivity contribution in [3.8, 4) is 0 Å². The molecule has 1 saturated heterocycles. The van der Waals surface area contributed by atoms with Crippen LogP contribution < -0.4 is 5.32 Å². The molecule has 0 spiro atoms. The van der Waals surface area contributed by atoms with E-state index in [0.29, 0.717) is 16.4 Å². The number of halogens is 1. The highest BCUT2D eigenvalue weighted by atomic mass is 35.5. The number of para-hydroxylation sites is 1. The highest BCUT2D eigenvalue weighted by Gasteiger charge is 2.41. The number of furan rings is 1. The molecule has 2 aromatic rings. The fourth-order valence-corrected chi connectivity index (χ4v) is 3.35. The van der Waals surface area contributed by atoms with E-state index in [9.17, 15) is 4.79 Å². The van der Waals surface area contributed by atoms with Crippen molar-refractivity contribution in [2.75, 3.05) is 6.54 Å². The molecule has 3 nitrogen and oxygen atoms in total. The van der Waals surface area contributed by atoms with Crippen LogP contribution in [0.3, 0.4) is 0 Å². The fraction of sp³-hybridized carbons (Fsp3) is 0.438. The van der Waals surface area contributed by atoms with Gasteiger partial charge in [0, 0.05) is 5.39 Å². The molecular weight excluding hydrogens is 274 g/mol. The standard InChI is InChI=1S/C16H18ClNO2/c1-2-7-16(8-4-9-18-16)15(19)13-10-11-5-3-6-12(17)14(11)20-13/h3,5-6,10,18H,2,4,7-9H2,1H3. The van der Waals surface area contributed by atoms with E-state index in [-0.39, 0.29) is 5.78 Å². The van der Waals surface area contributed by atoms with Gasteiger partial charge in [-0.3, -0.25) is 4.79 Å². The van der Waals surface area contributed by atoms with Crippen LogP contribution in [-0.2, 0) is 0 Å². The van der Waals surface area contributed by atoms with Gasteiger partial charge >= 0.3 is 0 Å². The summed E-state index contributed by atoms with van der Waals surface area (Å²) in [5, 5.41) is 4.81. The zero-order valence-corrected chi connectivity index (χ0v) is 12.3. The van der Waals surface area contributed by atoms with E-state index in [1.807, 2.05) is 12.1 Å². The van der Waals surface area contributed by atoms with Crippen LogP contribution in [-0.4, -0.2) is 17.9 Å². The Kier molecular flexibility index (Phi) is 3.57. The minimum absolute atomic E-state index is 0.0594. The number of carbonyl (C=O) groups is 1. The molecule has 0 saturated carbocycles. The van der Waals surface area contributed by atoms with Gasteiger partial charge in [0.1, 0.15) is 0 Å². The quantitative estimate of drug-likeness (QED) is 0.859. The Morgan fingerprint density at radius 3 is 3.00 bits per heavy atom. The highest BCUT2D eigenvalue weighted by molar-refractivity contribution is 6.34. The van der Waals surface area contributed by atoms with Crippen LogP contribution in [0.4, 0.5) is 0 Å². The molecule has 3 rings (SSSR count). The maximum atomic E-state index is 12.8. The van der Waals surface area contributed by atoms with Gasteiger partial charge in [0.25, 0.3) is 0 Å². The van der Waals surface area contributed by atoms with Gasteiger partial charge < -0.3 is 9.73 Å². The molecular formula is C16H18ClNO2. The number of ketones is 1. The number of fused-ring (bicyclic) bond motifs is 1. The second-order valence-corrected chi connectivity index (χ2v) is 5.87. The van der Waals surface area contributed by atoms with Crippen molar-refractivity contribution in [1.29, 1.82) is 0 Å². The molecule has 4 heteroatoms. The summed E-state index contributed by atoms with van der Waals surface area (Å²) in [6, 6.07) is 7.36. The third-order valence-corrected chi connectivity index (χ3v) is 4.37. The number of rotatable bonds is 4. The topological polar surface area (TPSA) is 42.2 Å². The lowest BCUT2D eigenvalue weighted by Crippen LogP contribution is -2.47. The second-order valence-electron chi connectivity index (χ2n) is 5.46. The van der Waals surface area contributed by atoms with Crippen molar-refractivity contribution in [3.05, 3.63) is 35.0 Å². The zero-order valence-electron chi connectivity index (χ0n) is 11.5. The predicted molar refractivity (Wildman–Crippen MR) is 80.4 cm³/mol. The monoisotopic (exact) mass is 291 g/mol. The zero-order chi connectivity index (χ0) is 14.2. The first-order chi connectivity index (χ1) is 9.66. The SMILES string of the molecule is CCCC1(C(=O)c2cc3cccc(Cl)c3o2)CCCN1. The lowest BCUT2D eigenvalue weighted by atomic mass is 9.86. The first-order valence-electron chi connectivity index (χ1n) is 7.14. The van der Waals surface area contributed by atoms with Gasteiger partial charge in [0.15, 0.2) is 11.3 Å². The second kappa shape index (κ2) is 5.23. The molecule has 0 amide bonds. The van der Waals surface area contributed by atoms with Crippen LogP contribution in [0.1, 0.15) is 43.2 Å². The molecule has 1 aromatic heterocycles. The summed E-state index contributed by atoms with van der Waals surface area (Å²) in [6.07, 6.45) is 3.73. The molecule has 1 unspecified atom stereocenters. The van der Waals surface area contributed by atoms with Gasteiger partial charge in [-0.05, 0) is 37.9 Å². The van der Waals surface area contributed by atoms with Gasteiger partial charge in [0.05, 0.1) is 10.6 Å². The summed E-state index contributed by atoms with van der Waals surface area (Å²) in [6.45, 7) is 3.00. The number of hydrogen-bond acceptors (Lipinski definition) is 3. The first-order valence-corrected chi connectivity index (χ1v) is 7.52. The average molecular weight is 292 g/mol. The van der Waals surface area contributed by atoms with Crippen molar-refractivity contribution in [3.63, 3.8) is 0 Å². The molecule has 0 aliphatic carbocycles. The Morgan fingerprint density at radius 2 is 2.35 bits per heavy atom. The molecule has 2 heterocycles. The molecule has 106 valence electrons. The van der Waals surface area contributed by atoms with Gasteiger partial charge in [-0.15, -0.1) is 0 Å². The minimum Gasteiger partial charge on any atom is -0.451 e. The van der Waals surface area contributed by atoms with Crippen molar-refractivity contribution in [2.45, 2.75) is 38.1 Å². The molecule has 1 fully saturated rings. The van der Waals surface area contributed by atoms with E-state index in [0.717, 1.165) is 37.6 Å². The maximum absolute atomic E-state index is 12.8. The molecule has 1 N–H and O–H groups in total. The Hall–Kier alpha value is -1.32. The van der Waals surface area contributed by atoms with Crippen LogP contribution in [0.5, 0.6) is 0 Å². The van der Waals surface area contributed by atoms with E-state index in [4.69, 9.17) is 16.0 Å². The van der Waals surface area contributed by atoms with E-state index in [1.54, 1.807) is 12.1 Å². The number of benzene rings is 1. The Balaban J connectivity index is 2.01. The van der Waals surface area contributed by atoms with Crippen LogP contribution in [0.2, 0.25) is 5.02 Å². The predicted octanol–water partition coefficient (Wildman–Crippen LogP) is 4.19. The third kappa shape index (κ3) is 2.15. The summed E-state index contributed by atoms with van der Waals surface area (Å²) < 4.78 is 5.72. The molecule has 0 bridgehead atoms. The number of Topliss-reactive ketones (excluding diaryl/α,β-unsaturated/α-hetero) is 1. The van der Waals surface area contributed by atoms with Gasteiger partial charge in [-0.2, -0.15) is 0 Å². The molecule has 1 aliphatic rings. The van der Waals surface area contributed by atoms with Crippen LogP contribution in [0, 0.1) is 0 Å². The molecule has 0 radical (unpaired) electrons. The largest absolute Gasteiger partial charge is 0.451 e. The van der Waals surface area contributed by atoms with E-state index in [1.165, 1.54) is 0 Å².